The van der Waals surface area contributed by atoms with Crippen LogP contribution in [0.2, 0.25) is 0 Å². The van der Waals surface area contributed by atoms with Gasteiger partial charge >= 0.3 is 6.09 Å². The number of likely N-dealkylation sites (tertiary alicyclic amines) is 1. The number of carbonyl (C=O) groups excluding carboxylic acids is 2. The standard InChI is InChI=1S/C13H23NO3/c1-9(2)11(15)10-7-6-8-14(10)12(16)17-13(3,4)5/h9-10H,6-8H2,1-5H3/t10-/m0/s1. The number of amides is 1. The van der Waals surface area contributed by atoms with Crippen molar-refractivity contribution >= 4 is 11.9 Å². The molecule has 17 heavy (non-hydrogen) atoms. The number of rotatable bonds is 2. The summed E-state index contributed by atoms with van der Waals surface area (Å²) in [7, 11) is 0. The third-order valence-corrected chi connectivity index (χ3v) is 2.78. The smallest absolute Gasteiger partial charge is 0.410 e. The number of hydrogen-bond acceptors (Lipinski definition) is 3. The lowest BCUT2D eigenvalue weighted by atomic mass is 10.0. The third kappa shape index (κ3) is 3.72. The Morgan fingerprint density at radius 1 is 1.29 bits per heavy atom. The van der Waals surface area contributed by atoms with Crippen molar-refractivity contribution in [1.82, 2.24) is 4.90 Å². The zero-order valence-electron chi connectivity index (χ0n) is 11.4. The maximum Gasteiger partial charge on any atom is 0.410 e. The molecule has 0 aliphatic carbocycles. The fourth-order valence-corrected chi connectivity index (χ4v) is 1.99. The van der Waals surface area contributed by atoms with Crippen LogP contribution in [0.3, 0.4) is 0 Å². The van der Waals surface area contributed by atoms with Gasteiger partial charge in [0.2, 0.25) is 0 Å². The van der Waals surface area contributed by atoms with Crippen molar-refractivity contribution < 1.29 is 14.3 Å². The molecule has 98 valence electrons. The Morgan fingerprint density at radius 2 is 1.88 bits per heavy atom. The Hall–Kier alpha value is -1.06. The predicted molar refractivity (Wildman–Crippen MR) is 65.8 cm³/mol. The van der Waals surface area contributed by atoms with E-state index in [0.29, 0.717) is 6.54 Å². The Morgan fingerprint density at radius 3 is 2.35 bits per heavy atom. The maximum atomic E-state index is 12.0. The third-order valence-electron chi connectivity index (χ3n) is 2.78. The number of ketones is 1. The molecule has 4 nitrogen and oxygen atoms in total. The van der Waals surface area contributed by atoms with Gasteiger partial charge in [-0.3, -0.25) is 9.69 Å². The van der Waals surface area contributed by atoms with Crippen molar-refractivity contribution in [2.45, 2.75) is 59.1 Å². The molecular formula is C13H23NO3. The quantitative estimate of drug-likeness (QED) is 0.746. The van der Waals surface area contributed by atoms with E-state index in [1.165, 1.54) is 0 Å². The Labute approximate surface area is 103 Å². The molecule has 0 saturated carbocycles. The van der Waals surface area contributed by atoms with Crippen LogP contribution in [-0.2, 0) is 9.53 Å². The second kappa shape index (κ2) is 5.07. The molecule has 0 unspecified atom stereocenters. The molecule has 1 heterocycles. The molecule has 0 N–H and O–H groups in total. The van der Waals surface area contributed by atoms with Crippen molar-refractivity contribution in [3.63, 3.8) is 0 Å². The van der Waals surface area contributed by atoms with E-state index in [2.05, 4.69) is 0 Å². The average Bonchev–Trinajstić information content (AvgIpc) is 2.61. The molecule has 1 rings (SSSR count). The summed E-state index contributed by atoms with van der Waals surface area (Å²) in [5, 5.41) is 0. The average molecular weight is 241 g/mol. The molecule has 1 fully saturated rings. The van der Waals surface area contributed by atoms with Crippen LogP contribution in [0.25, 0.3) is 0 Å². The Bertz CT molecular complexity index is 304. The van der Waals surface area contributed by atoms with Gasteiger partial charge in [0.1, 0.15) is 5.60 Å². The van der Waals surface area contributed by atoms with Gasteiger partial charge in [-0.05, 0) is 33.6 Å². The lowest BCUT2D eigenvalue weighted by Gasteiger charge is -2.28. The second-order valence-electron chi connectivity index (χ2n) is 5.89. The monoisotopic (exact) mass is 241 g/mol. The topological polar surface area (TPSA) is 46.6 Å². The zero-order valence-corrected chi connectivity index (χ0v) is 11.4. The number of hydrogen-bond donors (Lipinski definition) is 0. The van der Waals surface area contributed by atoms with Crippen LogP contribution in [-0.4, -0.2) is 35.0 Å². The fraction of sp³-hybridized carbons (Fsp3) is 0.846. The molecule has 0 spiro atoms. The lowest BCUT2D eigenvalue weighted by Crippen LogP contribution is -2.44. The van der Waals surface area contributed by atoms with Gasteiger partial charge in [0.05, 0.1) is 6.04 Å². The van der Waals surface area contributed by atoms with Crippen LogP contribution in [0.5, 0.6) is 0 Å². The van der Waals surface area contributed by atoms with Crippen LogP contribution in [0, 0.1) is 5.92 Å². The highest BCUT2D eigenvalue weighted by atomic mass is 16.6. The van der Waals surface area contributed by atoms with Crippen molar-refractivity contribution in [3.8, 4) is 0 Å². The largest absolute Gasteiger partial charge is 0.444 e. The van der Waals surface area contributed by atoms with Gasteiger partial charge < -0.3 is 4.74 Å². The van der Waals surface area contributed by atoms with E-state index in [9.17, 15) is 9.59 Å². The van der Waals surface area contributed by atoms with E-state index in [1.807, 2.05) is 34.6 Å². The highest BCUT2D eigenvalue weighted by Gasteiger charge is 2.37. The summed E-state index contributed by atoms with van der Waals surface area (Å²) >= 11 is 0. The number of nitrogens with zero attached hydrogens (tertiary/aromatic N) is 1. The summed E-state index contributed by atoms with van der Waals surface area (Å²) < 4.78 is 5.32. The van der Waals surface area contributed by atoms with Crippen LogP contribution in [0.4, 0.5) is 4.79 Å². The summed E-state index contributed by atoms with van der Waals surface area (Å²) in [5.74, 6) is 0.0939. The molecule has 1 aliphatic heterocycles. The van der Waals surface area contributed by atoms with E-state index in [-0.39, 0.29) is 23.8 Å². The van der Waals surface area contributed by atoms with Crippen LogP contribution >= 0.6 is 0 Å². The summed E-state index contributed by atoms with van der Waals surface area (Å²) in [6.45, 7) is 9.86. The number of Topliss-reactive ketones (excluding diaryl/α,β-unsaturated/α-hetero) is 1. The molecule has 1 atom stereocenters. The van der Waals surface area contributed by atoms with Crippen LogP contribution in [0.1, 0.15) is 47.5 Å². The zero-order chi connectivity index (χ0) is 13.2. The van der Waals surface area contributed by atoms with Crippen LogP contribution < -0.4 is 0 Å². The minimum atomic E-state index is -0.509. The molecule has 1 saturated heterocycles. The van der Waals surface area contributed by atoms with Crippen molar-refractivity contribution in [2.75, 3.05) is 6.54 Å². The Balaban J connectivity index is 2.70. The molecule has 0 aromatic heterocycles. The summed E-state index contributed by atoms with van der Waals surface area (Å²) in [6, 6.07) is -0.287. The van der Waals surface area contributed by atoms with E-state index < -0.39 is 5.60 Å². The molecule has 0 radical (unpaired) electrons. The predicted octanol–water partition coefficient (Wildman–Crippen LogP) is 2.61. The van der Waals surface area contributed by atoms with E-state index in [0.717, 1.165) is 12.8 Å². The molecular weight excluding hydrogens is 218 g/mol. The van der Waals surface area contributed by atoms with Gasteiger partial charge in [-0.15, -0.1) is 0 Å². The van der Waals surface area contributed by atoms with Crippen molar-refractivity contribution in [2.24, 2.45) is 5.92 Å². The van der Waals surface area contributed by atoms with Gasteiger partial charge in [-0.2, -0.15) is 0 Å². The molecule has 4 heteroatoms. The van der Waals surface area contributed by atoms with E-state index in [1.54, 1.807) is 4.90 Å². The van der Waals surface area contributed by atoms with Gasteiger partial charge in [0.25, 0.3) is 0 Å². The summed E-state index contributed by atoms with van der Waals surface area (Å²) in [4.78, 5) is 25.5. The van der Waals surface area contributed by atoms with Gasteiger partial charge in [-0.25, -0.2) is 4.79 Å². The minimum absolute atomic E-state index is 0.0389. The number of ether oxygens (including phenoxy) is 1. The molecule has 0 aromatic carbocycles. The SMILES string of the molecule is CC(C)C(=O)[C@@H]1CCCN1C(=O)OC(C)(C)C. The second-order valence-corrected chi connectivity index (χ2v) is 5.89. The van der Waals surface area contributed by atoms with Crippen LogP contribution in [0.15, 0.2) is 0 Å². The number of carbonyl (C=O) groups is 2. The van der Waals surface area contributed by atoms with Gasteiger partial charge in [-0.1, -0.05) is 13.8 Å². The fourth-order valence-electron chi connectivity index (χ4n) is 1.99. The van der Waals surface area contributed by atoms with Crippen molar-refractivity contribution in [3.05, 3.63) is 0 Å². The molecule has 1 amide bonds. The van der Waals surface area contributed by atoms with E-state index in [4.69, 9.17) is 4.74 Å². The van der Waals surface area contributed by atoms with Gasteiger partial charge in [0.15, 0.2) is 5.78 Å². The van der Waals surface area contributed by atoms with E-state index >= 15 is 0 Å². The first-order valence-electron chi connectivity index (χ1n) is 6.25. The van der Waals surface area contributed by atoms with Crippen molar-refractivity contribution in [1.29, 1.82) is 0 Å². The first-order chi connectivity index (χ1) is 7.72. The highest BCUT2D eigenvalue weighted by molar-refractivity contribution is 5.89. The van der Waals surface area contributed by atoms with Gasteiger partial charge in [0, 0.05) is 12.5 Å². The maximum absolute atomic E-state index is 12.0. The summed E-state index contributed by atoms with van der Waals surface area (Å²) in [5.41, 5.74) is -0.509. The first-order valence-corrected chi connectivity index (χ1v) is 6.25. The minimum Gasteiger partial charge on any atom is -0.444 e. The molecule has 0 bridgehead atoms. The summed E-state index contributed by atoms with van der Waals surface area (Å²) in [6.07, 6.45) is 1.27. The molecule has 0 aromatic rings. The highest BCUT2D eigenvalue weighted by Crippen LogP contribution is 2.23. The Kier molecular flexibility index (Phi) is 4.17. The molecule has 1 aliphatic rings. The first kappa shape index (κ1) is 14.0. The lowest BCUT2D eigenvalue weighted by molar-refractivity contribution is -0.126. The normalized spacial score (nSPS) is 20.8.